The van der Waals surface area contributed by atoms with Crippen LogP contribution < -0.4 is 15.9 Å². The Balaban J connectivity index is 1.73. The number of fused-ring (bicyclic) bond motifs is 1. The van der Waals surface area contributed by atoms with Crippen LogP contribution in [0.5, 0.6) is 0 Å². The number of amides is 1. The molecule has 0 saturated carbocycles. The molecule has 3 heterocycles. The van der Waals surface area contributed by atoms with Gasteiger partial charge >= 0.3 is 0 Å². The van der Waals surface area contributed by atoms with Gasteiger partial charge in [0.15, 0.2) is 11.0 Å². The summed E-state index contributed by atoms with van der Waals surface area (Å²) in [4.78, 5) is 38.4. The lowest BCUT2D eigenvalue weighted by Crippen LogP contribution is -2.36. The zero-order valence-corrected chi connectivity index (χ0v) is 14.4. The zero-order chi connectivity index (χ0) is 18.1. The Morgan fingerprint density at radius 2 is 2.15 bits per heavy atom. The molecule has 1 aliphatic heterocycles. The van der Waals surface area contributed by atoms with Crippen LogP contribution in [0, 0.1) is 0 Å². The van der Waals surface area contributed by atoms with Gasteiger partial charge in [0.1, 0.15) is 0 Å². The van der Waals surface area contributed by atoms with E-state index in [9.17, 15) is 9.59 Å². The van der Waals surface area contributed by atoms with Crippen molar-refractivity contribution in [1.29, 1.82) is 0 Å². The van der Waals surface area contributed by atoms with Crippen LogP contribution in [0.2, 0.25) is 0 Å². The molecule has 1 aliphatic rings. The molecule has 3 N–H and O–H groups in total. The number of aromatic amines is 1. The number of nitrogens with zero attached hydrogens (tertiary/aromatic N) is 3. The standard InChI is InChI=1S/C16H15N5O4S/c22-14(20-24)9-1-2-10-11(7-9)18-13(19-15(10)23)12-8-17-16(26-12)21-3-5-25-6-4-21/h1-2,7-8,24H,3-6H2,(H,20,22)(H,18,19,23). The topological polar surface area (TPSA) is 120 Å². The Morgan fingerprint density at radius 1 is 1.35 bits per heavy atom. The molecule has 26 heavy (non-hydrogen) atoms. The normalized spacial score (nSPS) is 14.6. The van der Waals surface area contributed by atoms with Crippen LogP contribution in [0.4, 0.5) is 5.13 Å². The molecule has 1 amide bonds. The SMILES string of the molecule is O=C(NO)c1ccc2c(=O)[nH]c(-c3cnc(N4CCOCC4)s3)nc2c1. The summed E-state index contributed by atoms with van der Waals surface area (Å²) < 4.78 is 5.34. The van der Waals surface area contributed by atoms with Gasteiger partial charge in [-0.1, -0.05) is 11.3 Å². The molecule has 1 fully saturated rings. The molecule has 9 nitrogen and oxygen atoms in total. The molecular weight excluding hydrogens is 358 g/mol. The Morgan fingerprint density at radius 3 is 2.92 bits per heavy atom. The lowest BCUT2D eigenvalue weighted by molar-refractivity contribution is 0.0706. The molecule has 2 aromatic heterocycles. The number of rotatable bonds is 3. The lowest BCUT2D eigenvalue weighted by Gasteiger charge is -2.25. The summed E-state index contributed by atoms with van der Waals surface area (Å²) in [5.74, 6) is -0.274. The van der Waals surface area contributed by atoms with E-state index in [1.807, 2.05) is 0 Å². The van der Waals surface area contributed by atoms with Crippen molar-refractivity contribution in [3.8, 4) is 10.7 Å². The summed E-state index contributed by atoms with van der Waals surface area (Å²) in [7, 11) is 0. The Hall–Kier alpha value is -2.82. The van der Waals surface area contributed by atoms with Gasteiger partial charge in [0.25, 0.3) is 11.5 Å². The Kier molecular flexibility index (Phi) is 4.37. The van der Waals surface area contributed by atoms with Gasteiger partial charge < -0.3 is 14.6 Å². The molecule has 0 radical (unpaired) electrons. The number of hydroxylamine groups is 1. The van der Waals surface area contributed by atoms with Gasteiger partial charge in [-0.3, -0.25) is 14.8 Å². The van der Waals surface area contributed by atoms with Crippen LogP contribution in [0.15, 0.2) is 29.2 Å². The third-order valence-corrected chi connectivity index (χ3v) is 5.14. The van der Waals surface area contributed by atoms with E-state index in [4.69, 9.17) is 9.94 Å². The van der Waals surface area contributed by atoms with Crippen molar-refractivity contribution in [2.24, 2.45) is 0 Å². The van der Waals surface area contributed by atoms with Gasteiger partial charge in [-0.25, -0.2) is 15.4 Å². The highest BCUT2D eigenvalue weighted by atomic mass is 32.1. The molecule has 3 aromatic rings. The van der Waals surface area contributed by atoms with Crippen LogP contribution in [-0.2, 0) is 4.74 Å². The minimum Gasteiger partial charge on any atom is -0.378 e. The summed E-state index contributed by atoms with van der Waals surface area (Å²) in [6.07, 6.45) is 1.67. The Labute approximate surface area is 151 Å². The van der Waals surface area contributed by atoms with Gasteiger partial charge in [0.2, 0.25) is 0 Å². The number of thiazole rings is 1. The lowest BCUT2D eigenvalue weighted by atomic mass is 10.1. The monoisotopic (exact) mass is 373 g/mol. The number of nitrogens with one attached hydrogen (secondary N) is 2. The van der Waals surface area contributed by atoms with Crippen LogP contribution in [-0.4, -0.2) is 52.4 Å². The molecule has 0 spiro atoms. The number of benzene rings is 1. The second-order valence-electron chi connectivity index (χ2n) is 5.69. The summed E-state index contributed by atoms with van der Waals surface area (Å²) in [5, 5.41) is 9.97. The van der Waals surface area contributed by atoms with Crippen LogP contribution in [0.1, 0.15) is 10.4 Å². The summed E-state index contributed by atoms with van der Waals surface area (Å²) >= 11 is 1.43. The fraction of sp³-hybridized carbons (Fsp3) is 0.250. The molecule has 10 heteroatoms. The zero-order valence-electron chi connectivity index (χ0n) is 13.6. The Bertz CT molecular complexity index is 1020. The summed E-state index contributed by atoms with van der Waals surface area (Å²) in [6.45, 7) is 2.87. The van der Waals surface area contributed by atoms with E-state index in [1.165, 1.54) is 29.5 Å². The summed E-state index contributed by atoms with van der Waals surface area (Å²) in [5.41, 5.74) is 1.84. The first kappa shape index (κ1) is 16.6. The highest BCUT2D eigenvalue weighted by molar-refractivity contribution is 7.18. The molecule has 0 atom stereocenters. The quantitative estimate of drug-likeness (QED) is 0.463. The van der Waals surface area contributed by atoms with E-state index in [0.717, 1.165) is 23.1 Å². The maximum Gasteiger partial charge on any atom is 0.274 e. The minimum absolute atomic E-state index is 0.211. The molecular formula is C16H15N5O4S. The van der Waals surface area contributed by atoms with Crippen molar-refractivity contribution >= 4 is 33.3 Å². The second-order valence-corrected chi connectivity index (χ2v) is 6.70. The van der Waals surface area contributed by atoms with Gasteiger partial charge in [0.05, 0.1) is 35.2 Å². The fourth-order valence-electron chi connectivity index (χ4n) is 2.74. The van der Waals surface area contributed by atoms with Crippen molar-refractivity contribution < 1.29 is 14.7 Å². The number of H-pyrrole nitrogens is 1. The predicted molar refractivity (Wildman–Crippen MR) is 95.8 cm³/mol. The molecule has 1 saturated heterocycles. The average molecular weight is 373 g/mol. The number of carbonyl (C=O) groups excluding carboxylic acids is 1. The van der Waals surface area contributed by atoms with Gasteiger partial charge in [-0.2, -0.15) is 0 Å². The largest absolute Gasteiger partial charge is 0.378 e. The highest BCUT2D eigenvalue weighted by Crippen LogP contribution is 2.29. The van der Waals surface area contributed by atoms with Crippen LogP contribution in [0.25, 0.3) is 21.6 Å². The fourth-order valence-corrected chi connectivity index (χ4v) is 3.65. The third-order valence-electron chi connectivity index (χ3n) is 4.08. The number of carbonyl (C=O) groups is 1. The average Bonchev–Trinajstić information content (AvgIpc) is 3.18. The first-order valence-corrected chi connectivity index (χ1v) is 8.75. The summed E-state index contributed by atoms with van der Waals surface area (Å²) in [6, 6.07) is 4.42. The molecule has 0 unspecified atom stereocenters. The van der Waals surface area contributed by atoms with E-state index < -0.39 is 5.91 Å². The number of aromatic nitrogens is 3. The number of anilines is 1. The first-order chi connectivity index (χ1) is 12.7. The highest BCUT2D eigenvalue weighted by Gasteiger charge is 2.17. The predicted octanol–water partition coefficient (Wildman–Crippen LogP) is 1.00. The van der Waals surface area contributed by atoms with Gasteiger partial charge in [-0.05, 0) is 18.2 Å². The van der Waals surface area contributed by atoms with E-state index in [-0.39, 0.29) is 11.1 Å². The van der Waals surface area contributed by atoms with E-state index in [2.05, 4.69) is 19.9 Å². The van der Waals surface area contributed by atoms with Crippen molar-refractivity contribution in [3.63, 3.8) is 0 Å². The molecule has 134 valence electrons. The van der Waals surface area contributed by atoms with E-state index >= 15 is 0 Å². The van der Waals surface area contributed by atoms with Crippen molar-refractivity contribution in [1.82, 2.24) is 20.4 Å². The van der Waals surface area contributed by atoms with Crippen molar-refractivity contribution in [2.45, 2.75) is 0 Å². The van der Waals surface area contributed by atoms with Gasteiger partial charge in [0, 0.05) is 18.7 Å². The van der Waals surface area contributed by atoms with Crippen LogP contribution >= 0.6 is 11.3 Å². The van der Waals surface area contributed by atoms with Crippen LogP contribution in [0.3, 0.4) is 0 Å². The molecule has 4 rings (SSSR count). The number of morpholine rings is 1. The van der Waals surface area contributed by atoms with Crippen molar-refractivity contribution in [2.75, 3.05) is 31.2 Å². The maximum absolute atomic E-state index is 12.3. The number of ether oxygens (including phenoxy) is 1. The minimum atomic E-state index is -0.664. The smallest absolute Gasteiger partial charge is 0.274 e. The molecule has 0 aliphatic carbocycles. The number of hydrogen-bond donors (Lipinski definition) is 3. The molecule has 1 aromatic carbocycles. The first-order valence-electron chi connectivity index (χ1n) is 7.93. The van der Waals surface area contributed by atoms with Gasteiger partial charge in [-0.15, -0.1) is 0 Å². The number of hydrogen-bond acceptors (Lipinski definition) is 8. The van der Waals surface area contributed by atoms with E-state index in [0.29, 0.717) is 29.9 Å². The maximum atomic E-state index is 12.3. The third kappa shape index (κ3) is 3.05. The van der Waals surface area contributed by atoms with Crippen molar-refractivity contribution in [3.05, 3.63) is 40.3 Å². The second kappa shape index (κ2) is 6.83. The molecule has 0 bridgehead atoms. The van der Waals surface area contributed by atoms with E-state index in [1.54, 1.807) is 11.7 Å².